The van der Waals surface area contributed by atoms with E-state index in [0.29, 0.717) is 0 Å². The molecule has 1 fully saturated rings. The lowest BCUT2D eigenvalue weighted by atomic mass is 10.3. The van der Waals surface area contributed by atoms with E-state index in [1.54, 1.807) is 22.7 Å². The van der Waals surface area contributed by atoms with Gasteiger partial charge in [-0.2, -0.15) is 0 Å². The van der Waals surface area contributed by atoms with Crippen LogP contribution in [0.1, 0.15) is 5.01 Å². The summed E-state index contributed by atoms with van der Waals surface area (Å²) in [5.74, 6) is 0. The standard InChI is InChI=1S/C14H14ClN5S2/c1-9-17-18-14(21-9)20-6-4-19(5-7-20)13-16-11-3-2-10(15)8-12(11)22-13/h2-3,8H,4-7H2,1H3. The Bertz CT molecular complexity index is 807. The summed E-state index contributed by atoms with van der Waals surface area (Å²) >= 11 is 9.41. The zero-order chi connectivity index (χ0) is 15.1. The van der Waals surface area contributed by atoms with Gasteiger partial charge in [-0.1, -0.05) is 34.3 Å². The molecule has 1 saturated heterocycles. The van der Waals surface area contributed by atoms with Crippen LogP contribution in [0.2, 0.25) is 5.02 Å². The van der Waals surface area contributed by atoms with Crippen molar-refractivity contribution in [2.24, 2.45) is 0 Å². The minimum atomic E-state index is 0.763. The number of piperazine rings is 1. The van der Waals surface area contributed by atoms with Crippen LogP contribution < -0.4 is 9.80 Å². The number of aromatic nitrogens is 3. The van der Waals surface area contributed by atoms with Gasteiger partial charge in [-0.15, -0.1) is 10.2 Å². The maximum atomic E-state index is 6.05. The molecule has 0 bridgehead atoms. The third-order valence-corrected chi connectivity index (χ3v) is 5.89. The van der Waals surface area contributed by atoms with Gasteiger partial charge in [0.1, 0.15) is 5.01 Å². The van der Waals surface area contributed by atoms with Crippen LogP contribution >= 0.6 is 34.3 Å². The topological polar surface area (TPSA) is 45.2 Å². The second kappa shape index (κ2) is 5.64. The molecule has 0 atom stereocenters. The van der Waals surface area contributed by atoms with Gasteiger partial charge in [0.2, 0.25) is 5.13 Å². The summed E-state index contributed by atoms with van der Waals surface area (Å²) < 4.78 is 1.14. The third-order valence-electron chi connectivity index (χ3n) is 3.68. The quantitative estimate of drug-likeness (QED) is 0.707. The number of aryl methyl sites for hydroxylation is 1. The van der Waals surface area contributed by atoms with Crippen LogP contribution in [-0.2, 0) is 0 Å². The number of thiazole rings is 1. The minimum Gasteiger partial charge on any atom is -0.345 e. The Labute approximate surface area is 141 Å². The summed E-state index contributed by atoms with van der Waals surface area (Å²) in [6.07, 6.45) is 0. The molecule has 0 unspecified atom stereocenters. The molecule has 1 aliphatic heterocycles. The molecule has 0 aliphatic carbocycles. The van der Waals surface area contributed by atoms with Crippen molar-refractivity contribution in [2.45, 2.75) is 6.92 Å². The average Bonchev–Trinajstić information content (AvgIpc) is 3.13. The normalized spacial score (nSPS) is 15.7. The van der Waals surface area contributed by atoms with Crippen LogP contribution in [0.25, 0.3) is 10.2 Å². The van der Waals surface area contributed by atoms with Gasteiger partial charge in [0, 0.05) is 31.2 Å². The van der Waals surface area contributed by atoms with E-state index >= 15 is 0 Å². The molecule has 0 amide bonds. The van der Waals surface area contributed by atoms with Gasteiger partial charge in [0.05, 0.1) is 10.2 Å². The van der Waals surface area contributed by atoms with E-state index in [9.17, 15) is 0 Å². The maximum Gasteiger partial charge on any atom is 0.208 e. The number of hydrogen-bond donors (Lipinski definition) is 0. The molecule has 8 heteroatoms. The smallest absolute Gasteiger partial charge is 0.208 e. The van der Waals surface area contributed by atoms with Crippen molar-refractivity contribution in [1.82, 2.24) is 15.2 Å². The Balaban J connectivity index is 1.50. The molecule has 0 radical (unpaired) electrons. The fraction of sp³-hybridized carbons (Fsp3) is 0.357. The number of anilines is 2. The second-order valence-electron chi connectivity index (χ2n) is 5.19. The van der Waals surface area contributed by atoms with E-state index in [-0.39, 0.29) is 0 Å². The van der Waals surface area contributed by atoms with Crippen molar-refractivity contribution >= 4 is 54.8 Å². The molecule has 22 heavy (non-hydrogen) atoms. The third kappa shape index (κ3) is 2.64. The van der Waals surface area contributed by atoms with Gasteiger partial charge in [-0.25, -0.2) is 4.98 Å². The van der Waals surface area contributed by atoms with Crippen LogP contribution in [0.3, 0.4) is 0 Å². The molecule has 3 heterocycles. The highest BCUT2D eigenvalue weighted by Crippen LogP contribution is 2.31. The number of fused-ring (bicyclic) bond motifs is 1. The van der Waals surface area contributed by atoms with Gasteiger partial charge in [-0.3, -0.25) is 0 Å². The first-order valence-electron chi connectivity index (χ1n) is 7.05. The largest absolute Gasteiger partial charge is 0.345 e. The lowest BCUT2D eigenvalue weighted by molar-refractivity contribution is 0.648. The van der Waals surface area contributed by atoms with Crippen molar-refractivity contribution < 1.29 is 0 Å². The van der Waals surface area contributed by atoms with Gasteiger partial charge in [0.15, 0.2) is 5.13 Å². The highest BCUT2D eigenvalue weighted by Gasteiger charge is 2.22. The first-order valence-corrected chi connectivity index (χ1v) is 9.06. The summed E-state index contributed by atoms with van der Waals surface area (Å²) in [7, 11) is 0. The summed E-state index contributed by atoms with van der Waals surface area (Å²) in [6, 6.07) is 5.86. The van der Waals surface area contributed by atoms with Gasteiger partial charge in [-0.05, 0) is 25.1 Å². The van der Waals surface area contributed by atoms with Crippen molar-refractivity contribution in [3.63, 3.8) is 0 Å². The monoisotopic (exact) mass is 351 g/mol. The predicted octanol–water partition coefficient (Wildman–Crippen LogP) is 3.44. The minimum absolute atomic E-state index is 0.763. The number of rotatable bonds is 2. The molecule has 0 saturated carbocycles. The molecule has 2 aromatic heterocycles. The molecule has 3 aromatic rings. The van der Waals surface area contributed by atoms with E-state index in [2.05, 4.69) is 20.0 Å². The molecule has 5 nitrogen and oxygen atoms in total. The maximum absolute atomic E-state index is 6.05. The number of nitrogens with zero attached hydrogens (tertiary/aromatic N) is 5. The molecular weight excluding hydrogens is 338 g/mol. The van der Waals surface area contributed by atoms with Crippen molar-refractivity contribution in [3.05, 3.63) is 28.2 Å². The highest BCUT2D eigenvalue weighted by atomic mass is 35.5. The number of halogens is 1. The van der Waals surface area contributed by atoms with E-state index in [0.717, 1.165) is 56.7 Å². The molecular formula is C14H14ClN5S2. The summed E-state index contributed by atoms with van der Waals surface area (Å²) in [4.78, 5) is 9.35. The van der Waals surface area contributed by atoms with Crippen LogP contribution in [-0.4, -0.2) is 41.4 Å². The van der Waals surface area contributed by atoms with E-state index < -0.39 is 0 Å². The number of benzene rings is 1. The fourth-order valence-corrected chi connectivity index (χ4v) is 4.56. The predicted molar refractivity (Wildman–Crippen MR) is 93.7 cm³/mol. The SMILES string of the molecule is Cc1nnc(N2CCN(c3nc4ccc(Cl)cc4s3)CC2)s1. The van der Waals surface area contributed by atoms with Crippen LogP contribution in [0, 0.1) is 6.92 Å². The molecule has 0 N–H and O–H groups in total. The Morgan fingerprint density at radius 3 is 2.41 bits per heavy atom. The van der Waals surface area contributed by atoms with Gasteiger partial charge in [0.25, 0.3) is 0 Å². The van der Waals surface area contributed by atoms with Crippen LogP contribution in [0.15, 0.2) is 18.2 Å². The van der Waals surface area contributed by atoms with Gasteiger partial charge < -0.3 is 9.80 Å². The first kappa shape index (κ1) is 14.2. The van der Waals surface area contributed by atoms with E-state index in [1.165, 1.54) is 0 Å². The lowest BCUT2D eigenvalue weighted by Crippen LogP contribution is -2.46. The molecule has 1 aromatic carbocycles. The summed E-state index contributed by atoms with van der Waals surface area (Å²) in [5.41, 5.74) is 1.02. The first-order chi connectivity index (χ1) is 10.7. The number of hydrogen-bond acceptors (Lipinski definition) is 7. The van der Waals surface area contributed by atoms with E-state index in [4.69, 9.17) is 16.6 Å². The Morgan fingerprint density at radius 2 is 1.73 bits per heavy atom. The molecule has 0 spiro atoms. The van der Waals surface area contributed by atoms with Crippen molar-refractivity contribution in [2.75, 3.05) is 36.0 Å². The van der Waals surface area contributed by atoms with Crippen LogP contribution in [0.4, 0.5) is 10.3 Å². The van der Waals surface area contributed by atoms with Gasteiger partial charge >= 0.3 is 0 Å². The molecule has 4 rings (SSSR count). The Hall–Kier alpha value is -1.44. The Morgan fingerprint density at radius 1 is 1.00 bits per heavy atom. The average molecular weight is 352 g/mol. The summed E-state index contributed by atoms with van der Waals surface area (Å²) in [6.45, 7) is 5.79. The van der Waals surface area contributed by atoms with Crippen molar-refractivity contribution in [3.8, 4) is 0 Å². The molecule has 114 valence electrons. The van der Waals surface area contributed by atoms with E-state index in [1.807, 2.05) is 25.1 Å². The summed E-state index contributed by atoms with van der Waals surface area (Å²) in [5, 5.41) is 12.2. The van der Waals surface area contributed by atoms with Crippen LogP contribution in [0.5, 0.6) is 0 Å². The zero-order valence-electron chi connectivity index (χ0n) is 12.0. The highest BCUT2D eigenvalue weighted by molar-refractivity contribution is 7.22. The lowest BCUT2D eigenvalue weighted by Gasteiger charge is -2.34. The fourth-order valence-electron chi connectivity index (χ4n) is 2.52. The Kier molecular flexibility index (Phi) is 3.63. The zero-order valence-corrected chi connectivity index (χ0v) is 14.4. The molecule has 1 aliphatic rings. The second-order valence-corrected chi connectivity index (χ2v) is 7.79. The van der Waals surface area contributed by atoms with Crippen molar-refractivity contribution in [1.29, 1.82) is 0 Å².